The lowest BCUT2D eigenvalue weighted by molar-refractivity contribution is 0.491. The molecule has 0 bridgehead atoms. The number of rotatable bonds is 3. The molecule has 0 aliphatic rings. The van der Waals surface area contributed by atoms with Crippen LogP contribution < -0.4 is 5.32 Å². The summed E-state index contributed by atoms with van der Waals surface area (Å²) in [5.41, 5.74) is 0.749. The van der Waals surface area contributed by atoms with Gasteiger partial charge in [0.15, 0.2) is 0 Å². The Labute approximate surface area is 101 Å². The molecule has 0 fully saturated rings. The lowest BCUT2D eigenvalue weighted by Gasteiger charge is -2.19. The Morgan fingerprint density at radius 1 is 1.33 bits per heavy atom. The Hall–Kier alpha value is -0.680. The van der Waals surface area contributed by atoms with E-state index in [1.807, 2.05) is 26.0 Å². The Morgan fingerprint density at radius 2 is 2.00 bits per heavy atom. The van der Waals surface area contributed by atoms with Crippen molar-refractivity contribution in [3.05, 3.63) is 33.8 Å². The molecular formula is C12H13Cl2N. The predicted molar refractivity (Wildman–Crippen MR) is 66.2 cm³/mol. The van der Waals surface area contributed by atoms with Crippen LogP contribution in [-0.2, 0) is 6.54 Å². The smallest absolute Gasteiger partial charge is 0.0743 e. The zero-order valence-corrected chi connectivity index (χ0v) is 10.3. The standard InChI is InChI=1S/C12H13Cl2N/c1-4-12(2,3)15-8-9-5-6-10(13)11(14)7-9/h1,5-7,15H,8H2,2-3H3. The first-order valence-electron chi connectivity index (χ1n) is 4.61. The van der Waals surface area contributed by atoms with E-state index in [1.165, 1.54) is 0 Å². The summed E-state index contributed by atoms with van der Waals surface area (Å²) in [6.07, 6.45) is 5.36. The van der Waals surface area contributed by atoms with Crippen molar-refractivity contribution < 1.29 is 0 Å². The molecule has 0 spiro atoms. The Balaban J connectivity index is 2.67. The van der Waals surface area contributed by atoms with Crippen LogP contribution in [0.5, 0.6) is 0 Å². The fourth-order valence-electron chi connectivity index (χ4n) is 1.02. The molecule has 3 heteroatoms. The molecule has 0 saturated heterocycles. The predicted octanol–water partition coefficient (Wildman–Crippen LogP) is 3.49. The quantitative estimate of drug-likeness (QED) is 0.800. The highest BCUT2D eigenvalue weighted by molar-refractivity contribution is 6.42. The molecule has 15 heavy (non-hydrogen) atoms. The van der Waals surface area contributed by atoms with Gasteiger partial charge in [0.2, 0.25) is 0 Å². The molecule has 1 rings (SSSR count). The molecule has 0 unspecified atom stereocenters. The van der Waals surface area contributed by atoms with E-state index in [0.29, 0.717) is 16.6 Å². The van der Waals surface area contributed by atoms with E-state index < -0.39 is 0 Å². The highest BCUT2D eigenvalue weighted by atomic mass is 35.5. The van der Waals surface area contributed by atoms with Gasteiger partial charge in [0, 0.05) is 6.54 Å². The van der Waals surface area contributed by atoms with Crippen LogP contribution in [0.25, 0.3) is 0 Å². The van der Waals surface area contributed by atoms with Crippen LogP contribution in [0.2, 0.25) is 10.0 Å². The Morgan fingerprint density at radius 3 is 2.53 bits per heavy atom. The minimum absolute atomic E-state index is 0.313. The van der Waals surface area contributed by atoms with Gasteiger partial charge >= 0.3 is 0 Å². The van der Waals surface area contributed by atoms with Crippen molar-refractivity contribution in [2.45, 2.75) is 25.9 Å². The van der Waals surface area contributed by atoms with E-state index in [4.69, 9.17) is 29.6 Å². The molecule has 1 aromatic carbocycles. The number of nitrogens with one attached hydrogen (secondary N) is 1. The van der Waals surface area contributed by atoms with Gasteiger partial charge in [-0.2, -0.15) is 0 Å². The van der Waals surface area contributed by atoms with E-state index in [2.05, 4.69) is 11.2 Å². The van der Waals surface area contributed by atoms with E-state index >= 15 is 0 Å². The minimum Gasteiger partial charge on any atom is -0.298 e. The molecule has 1 aromatic rings. The maximum absolute atomic E-state index is 5.90. The summed E-state index contributed by atoms with van der Waals surface area (Å²) < 4.78 is 0. The van der Waals surface area contributed by atoms with Gasteiger partial charge in [0.25, 0.3) is 0 Å². The Bertz CT molecular complexity index is 391. The first-order chi connectivity index (χ1) is 6.94. The average Bonchev–Trinajstić information content (AvgIpc) is 2.20. The van der Waals surface area contributed by atoms with Crippen LogP contribution in [-0.4, -0.2) is 5.54 Å². The van der Waals surface area contributed by atoms with E-state index in [-0.39, 0.29) is 5.54 Å². The second-order valence-electron chi connectivity index (χ2n) is 3.87. The normalized spacial score (nSPS) is 11.1. The average molecular weight is 242 g/mol. The van der Waals surface area contributed by atoms with Crippen molar-refractivity contribution >= 4 is 23.2 Å². The number of benzene rings is 1. The van der Waals surface area contributed by atoms with Gasteiger partial charge in [-0.3, -0.25) is 5.32 Å². The number of hydrogen-bond acceptors (Lipinski definition) is 1. The molecule has 0 atom stereocenters. The lowest BCUT2D eigenvalue weighted by atomic mass is 10.1. The van der Waals surface area contributed by atoms with Crippen molar-refractivity contribution in [2.24, 2.45) is 0 Å². The summed E-state index contributed by atoms with van der Waals surface area (Å²) in [4.78, 5) is 0. The van der Waals surface area contributed by atoms with Crippen LogP contribution in [0.15, 0.2) is 18.2 Å². The van der Waals surface area contributed by atoms with E-state index in [0.717, 1.165) is 5.56 Å². The third-order valence-corrected chi connectivity index (χ3v) is 2.82. The van der Waals surface area contributed by atoms with Gasteiger partial charge < -0.3 is 0 Å². The van der Waals surface area contributed by atoms with Crippen LogP contribution in [0, 0.1) is 12.3 Å². The van der Waals surface area contributed by atoms with Gasteiger partial charge in [0.05, 0.1) is 15.6 Å². The van der Waals surface area contributed by atoms with Crippen molar-refractivity contribution in [3.63, 3.8) is 0 Å². The largest absolute Gasteiger partial charge is 0.298 e. The summed E-state index contributed by atoms with van der Waals surface area (Å²) in [5.74, 6) is 2.67. The number of halogens is 2. The van der Waals surface area contributed by atoms with Crippen LogP contribution >= 0.6 is 23.2 Å². The van der Waals surface area contributed by atoms with Crippen molar-refractivity contribution in [3.8, 4) is 12.3 Å². The SMILES string of the molecule is C#CC(C)(C)NCc1ccc(Cl)c(Cl)c1. The molecule has 0 aliphatic carbocycles. The minimum atomic E-state index is -0.313. The molecule has 0 radical (unpaired) electrons. The zero-order chi connectivity index (χ0) is 11.5. The fraction of sp³-hybridized carbons (Fsp3) is 0.333. The topological polar surface area (TPSA) is 12.0 Å². The molecular weight excluding hydrogens is 229 g/mol. The molecule has 0 heterocycles. The van der Waals surface area contributed by atoms with Gasteiger partial charge in [-0.25, -0.2) is 0 Å². The summed E-state index contributed by atoms with van der Waals surface area (Å²) >= 11 is 11.7. The summed E-state index contributed by atoms with van der Waals surface area (Å²) in [6, 6.07) is 5.54. The molecule has 1 nitrogen and oxygen atoms in total. The maximum Gasteiger partial charge on any atom is 0.0743 e. The summed E-state index contributed by atoms with van der Waals surface area (Å²) in [5, 5.41) is 4.36. The van der Waals surface area contributed by atoms with Crippen molar-refractivity contribution in [2.75, 3.05) is 0 Å². The Kier molecular flexibility index (Phi) is 4.04. The maximum atomic E-state index is 5.90. The second kappa shape index (κ2) is 4.90. The van der Waals surface area contributed by atoms with Crippen LogP contribution in [0.1, 0.15) is 19.4 Å². The lowest BCUT2D eigenvalue weighted by Crippen LogP contribution is -2.36. The van der Waals surface area contributed by atoms with Crippen molar-refractivity contribution in [1.29, 1.82) is 0 Å². The molecule has 80 valence electrons. The first-order valence-corrected chi connectivity index (χ1v) is 5.37. The van der Waals surface area contributed by atoms with Gasteiger partial charge in [0.1, 0.15) is 0 Å². The van der Waals surface area contributed by atoms with E-state index in [1.54, 1.807) is 6.07 Å². The molecule has 0 saturated carbocycles. The van der Waals surface area contributed by atoms with Gasteiger partial charge in [-0.05, 0) is 31.5 Å². The van der Waals surface area contributed by atoms with Gasteiger partial charge in [-0.1, -0.05) is 35.2 Å². The van der Waals surface area contributed by atoms with Gasteiger partial charge in [-0.15, -0.1) is 6.42 Å². The third kappa shape index (κ3) is 3.76. The van der Waals surface area contributed by atoms with Crippen molar-refractivity contribution in [1.82, 2.24) is 5.32 Å². The number of hydrogen-bond donors (Lipinski definition) is 1. The first kappa shape index (κ1) is 12.4. The third-order valence-electron chi connectivity index (χ3n) is 2.08. The van der Waals surface area contributed by atoms with E-state index in [9.17, 15) is 0 Å². The van der Waals surface area contributed by atoms with Crippen LogP contribution in [0.3, 0.4) is 0 Å². The fourth-order valence-corrected chi connectivity index (χ4v) is 1.34. The number of terminal acetylenes is 1. The molecule has 0 aliphatic heterocycles. The monoisotopic (exact) mass is 241 g/mol. The molecule has 0 amide bonds. The highest BCUT2D eigenvalue weighted by Gasteiger charge is 2.12. The summed E-state index contributed by atoms with van der Waals surface area (Å²) in [6.45, 7) is 4.57. The highest BCUT2D eigenvalue weighted by Crippen LogP contribution is 2.22. The molecule has 1 N–H and O–H groups in total. The zero-order valence-electron chi connectivity index (χ0n) is 8.77. The summed E-state index contributed by atoms with van der Waals surface area (Å²) in [7, 11) is 0. The van der Waals surface area contributed by atoms with Crippen LogP contribution in [0.4, 0.5) is 0 Å². The molecule has 0 aromatic heterocycles. The second-order valence-corrected chi connectivity index (χ2v) is 4.69.